The van der Waals surface area contributed by atoms with Crippen LogP contribution in [0.3, 0.4) is 0 Å². The molecule has 172 valence electrons. The number of rotatable bonds is 2. The normalized spacial score (nSPS) is 25.4. The number of fused-ring (bicyclic) bond motifs is 2. The van der Waals surface area contributed by atoms with Gasteiger partial charge in [-0.2, -0.15) is 0 Å². The minimum absolute atomic E-state index is 0.141. The van der Waals surface area contributed by atoms with E-state index in [-0.39, 0.29) is 23.7 Å². The molecule has 1 aromatic carbocycles. The summed E-state index contributed by atoms with van der Waals surface area (Å²) < 4.78 is 42.5. The summed E-state index contributed by atoms with van der Waals surface area (Å²) in [6.07, 6.45) is 1.44. The Hall–Kier alpha value is -2.60. The van der Waals surface area contributed by atoms with Crippen LogP contribution in [-0.2, 0) is 4.79 Å². The average Bonchev–Trinajstić information content (AvgIpc) is 3.34. The molecule has 5 rings (SSSR count). The maximum absolute atomic E-state index is 13.5. The lowest BCUT2D eigenvalue weighted by Crippen LogP contribution is -2.55. The summed E-state index contributed by atoms with van der Waals surface area (Å²) in [5.41, 5.74) is 5.24. The van der Waals surface area contributed by atoms with Gasteiger partial charge >= 0.3 is 6.03 Å². The molecule has 3 amide bonds. The van der Waals surface area contributed by atoms with Gasteiger partial charge in [-0.1, -0.05) is 0 Å². The fourth-order valence-corrected chi connectivity index (χ4v) is 5.83. The molecule has 2 atom stereocenters. The largest absolute Gasteiger partial charge is 0.327 e. The monoisotopic (exact) mass is 468 g/mol. The van der Waals surface area contributed by atoms with E-state index in [9.17, 15) is 22.8 Å². The lowest BCUT2D eigenvalue weighted by Gasteiger charge is -2.41. The Morgan fingerprint density at radius 3 is 2.69 bits per heavy atom. The highest BCUT2D eigenvalue weighted by Crippen LogP contribution is 2.36. The minimum Gasteiger partial charge on any atom is -0.327 e. The summed E-state index contributed by atoms with van der Waals surface area (Å²) in [6.45, 7) is 4.11. The average molecular weight is 469 g/mol. The van der Waals surface area contributed by atoms with Crippen molar-refractivity contribution < 1.29 is 22.8 Å². The van der Waals surface area contributed by atoms with Gasteiger partial charge in [-0.05, 0) is 25.3 Å². The Balaban J connectivity index is 1.32. The molecular formula is C20H23F3N6O2S. The molecule has 0 aromatic heterocycles. The number of amides is 3. The first-order valence-electron chi connectivity index (χ1n) is 10.5. The van der Waals surface area contributed by atoms with Gasteiger partial charge in [0, 0.05) is 30.8 Å². The second kappa shape index (κ2) is 8.07. The molecule has 0 saturated carbocycles. The van der Waals surface area contributed by atoms with Gasteiger partial charge in [0.15, 0.2) is 17.5 Å². The van der Waals surface area contributed by atoms with E-state index in [1.54, 1.807) is 16.8 Å². The standard InChI is InChI=1S/C20H23F3N6O2S/c1-11-7-28-17(9-26(11)20(31)25-12-4-14(21)19(23)15(22)5-12)16(6-24-28)29-8-13-2-3-18(30)27(13)10-32-29/h4-5,11,13,24H,2-3,6-10H2,1H3,(H,25,31)/t11-,13?/m0/s1. The Morgan fingerprint density at radius 1 is 1.19 bits per heavy atom. The number of anilines is 1. The lowest BCUT2D eigenvalue weighted by molar-refractivity contribution is -0.128. The van der Waals surface area contributed by atoms with Crippen LogP contribution < -0.4 is 10.7 Å². The summed E-state index contributed by atoms with van der Waals surface area (Å²) in [4.78, 5) is 28.4. The number of hydrogen-bond acceptors (Lipinski definition) is 6. The molecule has 32 heavy (non-hydrogen) atoms. The summed E-state index contributed by atoms with van der Waals surface area (Å²) >= 11 is 1.59. The molecule has 0 bridgehead atoms. The quantitative estimate of drug-likeness (QED) is 0.513. The molecule has 3 saturated heterocycles. The van der Waals surface area contributed by atoms with E-state index in [0.29, 0.717) is 31.9 Å². The van der Waals surface area contributed by atoms with Crippen molar-refractivity contribution in [3.05, 3.63) is 41.0 Å². The molecule has 1 aromatic rings. The van der Waals surface area contributed by atoms with Gasteiger partial charge in [0.05, 0.1) is 49.0 Å². The molecule has 4 heterocycles. The molecule has 4 aliphatic heterocycles. The number of halogens is 3. The highest BCUT2D eigenvalue weighted by atomic mass is 32.2. The Bertz CT molecular complexity index is 985. The van der Waals surface area contributed by atoms with E-state index in [1.807, 2.05) is 16.8 Å². The second-order valence-electron chi connectivity index (χ2n) is 8.38. The van der Waals surface area contributed by atoms with Crippen molar-refractivity contribution in [3.8, 4) is 0 Å². The van der Waals surface area contributed by atoms with Crippen molar-refractivity contribution in [2.24, 2.45) is 0 Å². The van der Waals surface area contributed by atoms with E-state index in [0.717, 1.165) is 36.5 Å². The third kappa shape index (κ3) is 3.64. The first kappa shape index (κ1) is 21.3. The van der Waals surface area contributed by atoms with Gasteiger partial charge in [0.1, 0.15) is 0 Å². The molecular weight excluding hydrogens is 445 g/mol. The highest BCUT2D eigenvalue weighted by molar-refractivity contribution is 7.97. The fraction of sp³-hybridized carbons (Fsp3) is 0.500. The van der Waals surface area contributed by atoms with E-state index in [4.69, 9.17) is 0 Å². The predicted octanol–water partition coefficient (Wildman–Crippen LogP) is 2.28. The van der Waals surface area contributed by atoms with Crippen LogP contribution in [0.2, 0.25) is 0 Å². The number of urea groups is 1. The molecule has 0 radical (unpaired) electrons. The molecule has 2 N–H and O–H groups in total. The van der Waals surface area contributed by atoms with Crippen molar-refractivity contribution in [2.75, 3.05) is 37.4 Å². The number of hydrazine groups is 1. The first-order chi connectivity index (χ1) is 15.3. The van der Waals surface area contributed by atoms with Crippen molar-refractivity contribution in [1.82, 2.24) is 24.5 Å². The summed E-state index contributed by atoms with van der Waals surface area (Å²) in [5.74, 6) is -3.47. The fourth-order valence-electron chi connectivity index (χ4n) is 4.61. The van der Waals surface area contributed by atoms with Gasteiger partial charge < -0.3 is 24.4 Å². The number of benzene rings is 1. The van der Waals surface area contributed by atoms with Crippen molar-refractivity contribution in [3.63, 3.8) is 0 Å². The van der Waals surface area contributed by atoms with E-state index < -0.39 is 23.5 Å². The third-order valence-electron chi connectivity index (χ3n) is 6.37. The summed E-state index contributed by atoms with van der Waals surface area (Å²) in [7, 11) is 0. The van der Waals surface area contributed by atoms with Gasteiger partial charge in [-0.3, -0.25) is 4.79 Å². The van der Waals surface area contributed by atoms with Crippen LogP contribution >= 0.6 is 11.9 Å². The number of piperazine rings is 1. The van der Waals surface area contributed by atoms with Crippen LogP contribution in [0.1, 0.15) is 19.8 Å². The molecule has 4 aliphatic rings. The zero-order valence-corrected chi connectivity index (χ0v) is 18.2. The molecule has 1 unspecified atom stereocenters. The van der Waals surface area contributed by atoms with Crippen LogP contribution in [0, 0.1) is 17.5 Å². The smallest absolute Gasteiger partial charge is 0.322 e. The molecule has 3 fully saturated rings. The van der Waals surface area contributed by atoms with Crippen LogP contribution in [0.4, 0.5) is 23.7 Å². The number of nitrogens with zero attached hydrogens (tertiary/aromatic N) is 4. The Labute approximate surface area is 187 Å². The summed E-state index contributed by atoms with van der Waals surface area (Å²) in [6, 6.07) is 1.05. The van der Waals surface area contributed by atoms with Crippen LogP contribution in [0.15, 0.2) is 23.5 Å². The van der Waals surface area contributed by atoms with E-state index in [1.165, 1.54) is 0 Å². The maximum atomic E-state index is 13.5. The predicted molar refractivity (Wildman–Crippen MR) is 112 cm³/mol. The molecule has 0 aliphatic carbocycles. The van der Waals surface area contributed by atoms with Crippen LogP contribution in [-0.4, -0.2) is 75.2 Å². The van der Waals surface area contributed by atoms with Gasteiger partial charge in [0.2, 0.25) is 5.91 Å². The third-order valence-corrected chi connectivity index (χ3v) is 7.45. The van der Waals surface area contributed by atoms with E-state index in [2.05, 4.69) is 15.0 Å². The van der Waals surface area contributed by atoms with Crippen molar-refractivity contribution >= 4 is 29.6 Å². The van der Waals surface area contributed by atoms with Gasteiger partial charge in [-0.25, -0.2) is 23.4 Å². The van der Waals surface area contributed by atoms with Crippen LogP contribution in [0.5, 0.6) is 0 Å². The zero-order valence-electron chi connectivity index (χ0n) is 17.4. The second-order valence-corrected chi connectivity index (χ2v) is 9.33. The van der Waals surface area contributed by atoms with Crippen molar-refractivity contribution in [1.29, 1.82) is 0 Å². The lowest BCUT2D eigenvalue weighted by atomic mass is 10.1. The number of hydrogen-bond donors (Lipinski definition) is 2. The molecule has 0 spiro atoms. The van der Waals surface area contributed by atoms with Crippen molar-refractivity contribution in [2.45, 2.75) is 31.8 Å². The maximum Gasteiger partial charge on any atom is 0.322 e. The van der Waals surface area contributed by atoms with E-state index >= 15 is 0 Å². The highest BCUT2D eigenvalue weighted by Gasteiger charge is 2.41. The number of carbonyl (C=O) groups excluding carboxylic acids is 2. The Kier molecular flexibility index (Phi) is 5.36. The summed E-state index contributed by atoms with van der Waals surface area (Å²) in [5, 5.41) is 4.51. The number of nitrogens with one attached hydrogen (secondary N) is 2. The SMILES string of the molecule is C[C@H]1CN2NCC(N3CC4CCC(=O)N4CS3)=C2CN1C(=O)Nc1cc(F)c(F)c(F)c1. The van der Waals surface area contributed by atoms with Gasteiger partial charge in [-0.15, -0.1) is 0 Å². The topological polar surface area (TPSA) is 71.2 Å². The van der Waals surface area contributed by atoms with Gasteiger partial charge in [0.25, 0.3) is 0 Å². The first-order valence-corrected chi connectivity index (χ1v) is 11.4. The zero-order chi connectivity index (χ0) is 22.6. The molecule has 8 nitrogen and oxygen atoms in total. The number of carbonyl (C=O) groups is 2. The Morgan fingerprint density at radius 2 is 1.94 bits per heavy atom. The van der Waals surface area contributed by atoms with Crippen LogP contribution in [0.25, 0.3) is 0 Å². The minimum atomic E-state index is -1.57. The molecule has 12 heteroatoms.